The van der Waals surface area contributed by atoms with E-state index in [1.807, 2.05) is 13.8 Å². The minimum absolute atomic E-state index is 0.0793. The van der Waals surface area contributed by atoms with Crippen LogP contribution in [0, 0.1) is 0 Å². The van der Waals surface area contributed by atoms with E-state index < -0.39 is 10.0 Å². The molecule has 5 nitrogen and oxygen atoms in total. The number of hydrogen-bond donors (Lipinski definition) is 1. The van der Waals surface area contributed by atoms with Gasteiger partial charge in [-0.3, -0.25) is 0 Å². The van der Waals surface area contributed by atoms with Crippen molar-refractivity contribution in [3.8, 4) is 0 Å². The maximum Gasteiger partial charge on any atom is 0.209 e. The van der Waals surface area contributed by atoms with Gasteiger partial charge >= 0.3 is 0 Å². The summed E-state index contributed by atoms with van der Waals surface area (Å²) in [6.45, 7) is 5.47. The van der Waals surface area contributed by atoms with Gasteiger partial charge in [-0.1, -0.05) is 12.8 Å². The lowest BCUT2D eigenvalue weighted by molar-refractivity contribution is -0.0101. The zero-order valence-corrected chi connectivity index (χ0v) is 12.6. The first-order valence-electron chi connectivity index (χ1n) is 6.40. The molecule has 0 aliphatic carbocycles. The largest absolute Gasteiger partial charge is 0.381 e. The van der Waals surface area contributed by atoms with Gasteiger partial charge in [0.1, 0.15) is 0 Å². The minimum Gasteiger partial charge on any atom is -0.381 e. The van der Waals surface area contributed by atoms with Gasteiger partial charge in [-0.05, 0) is 33.1 Å². The van der Waals surface area contributed by atoms with E-state index in [0.29, 0.717) is 13.0 Å². The molecule has 2 N–H and O–H groups in total. The standard InChI is InChI=1S/C12H27NO4S/c1-12(2,16-3)8-10-17-9-6-4-5-7-11-18(13,14)15/h4-11H2,1-3H3,(H2,13,14,15). The molecule has 0 aliphatic heterocycles. The molecule has 6 heteroatoms. The molecule has 0 saturated carbocycles. The van der Waals surface area contributed by atoms with Gasteiger partial charge in [0.15, 0.2) is 0 Å². The molecule has 0 atom stereocenters. The Balaban J connectivity index is 3.27. The summed E-state index contributed by atoms with van der Waals surface area (Å²) >= 11 is 0. The third kappa shape index (κ3) is 12.3. The second-order valence-electron chi connectivity index (χ2n) is 5.11. The van der Waals surface area contributed by atoms with Crippen LogP contribution in [-0.4, -0.2) is 40.1 Å². The molecule has 0 unspecified atom stereocenters. The summed E-state index contributed by atoms with van der Waals surface area (Å²) in [5, 5.41) is 4.91. The molecular formula is C12H27NO4S. The molecule has 0 aliphatic rings. The molecule has 0 rings (SSSR count). The highest BCUT2D eigenvalue weighted by Gasteiger charge is 2.15. The minimum atomic E-state index is -3.29. The van der Waals surface area contributed by atoms with Crippen LogP contribution < -0.4 is 5.14 Å². The molecule has 0 heterocycles. The summed E-state index contributed by atoms with van der Waals surface area (Å²) in [5.41, 5.74) is -0.129. The van der Waals surface area contributed by atoms with E-state index in [0.717, 1.165) is 32.3 Å². The number of primary sulfonamides is 1. The first-order valence-corrected chi connectivity index (χ1v) is 8.12. The van der Waals surface area contributed by atoms with Crippen molar-refractivity contribution in [3.63, 3.8) is 0 Å². The summed E-state index contributed by atoms with van der Waals surface area (Å²) in [5.74, 6) is 0.0793. The average Bonchev–Trinajstić information content (AvgIpc) is 2.25. The third-order valence-electron chi connectivity index (χ3n) is 2.87. The number of hydrogen-bond acceptors (Lipinski definition) is 4. The van der Waals surface area contributed by atoms with Gasteiger partial charge < -0.3 is 9.47 Å². The zero-order chi connectivity index (χ0) is 14.1. The van der Waals surface area contributed by atoms with Crippen molar-refractivity contribution >= 4 is 10.0 Å². The lowest BCUT2D eigenvalue weighted by atomic mass is 10.1. The van der Waals surface area contributed by atoms with E-state index in [1.54, 1.807) is 7.11 Å². The summed E-state index contributed by atoms with van der Waals surface area (Å²) in [6, 6.07) is 0. The summed E-state index contributed by atoms with van der Waals surface area (Å²) in [7, 11) is -1.59. The Bertz CT molecular complexity index is 301. The molecule has 0 aromatic heterocycles. The van der Waals surface area contributed by atoms with E-state index in [-0.39, 0.29) is 11.4 Å². The summed E-state index contributed by atoms with van der Waals surface area (Å²) < 4.78 is 32.1. The molecule has 0 saturated heterocycles. The van der Waals surface area contributed by atoms with Gasteiger partial charge in [0, 0.05) is 20.3 Å². The summed E-state index contributed by atoms with van der Waals surface area (Å²) in [6.07, 6.45) is 4.31. The van der Waals surface area contributed by atoms with Crippen LogP contribution in [0.1, 0.15) is 46.0 Å². The van der Waals surface area contributed by atoms with E-state index in [1.165, 1.54) is 0 Å². The Labute approximate surface area is 111 Å². The van der Waals surface area contributed by atoms with Crippen LogP contribution in [-0.2, 0) is 19.5 Å². The highest BCUT2D eigenvalue weighted by Crippen LogP contribution is 2.12. The Morgan fingerprint density at radius 2 is 1.67 bits per heavy atom. The molecule has 0 radical (unpaired) electrons. The van der Waals surface area contributed by atoms with Crippen molar-refractivity contribution in [1.82, 2.24) is 0 Å². The normalized spacial score (nSPS) is 12.9. The first-order chi connectivity index (χ1) is 8.27. The number of nitrogens with two attached hydrogens (primary N) is 1. The van der Waals surface area contributed by atoms with Crippen molar-refractivity contribution < 1.29 is 17.9 Å². The van der Waals surface area contributed by atoms with Gasteiger partial charge in [0.05, 0.1) is 11.4 Å². The van der Waals surface area contributed by atoms with Crippen LogP contribution in [0.3, 0.4) is 0 Å². The fourth-order valence-electron chi connectivity index (χ4n) is 1.38. The van der Waals surface area contributed by atoms with Crippen LogP contribution in [0.15, 0.2) is 0 Å². The molecule has 0 spiro atoms. The van der Waals surface area contributed by atoms with Gasteiger partial charge in [0.25, 0.3) is 0 Å². The molecule has 0 aromatic rings. The van der Waals surface area contributed by atoms with Crippen molar-refractivity contribution in [1.29, 1.82) is 0 Å². The molecule has 0 amide bonds. The number of methoxy groups -OCH3 is 1. The molecular weight excluding hydrogens is 254 g/mol. The maximum absolute atomic E-state index is 10.7. The first kappa shape index (κ1) is 17.8. The summed E-state index contributed by atoms with van der Waals surface area (Å²) in [4.78, 5) is 0. The highest BCUT2D eigenvalue weighted by molar-refractivity contribution is 7.89. The van der Waals surface area contributed by atoms with Crippen LogP contribution in [0.2, 0.25) is 0 Å². The molecule has 0 aromatic carbocycles. The fraction of sp³-hybridized carbons (Fsp3) is 1.00. The third-order valence-corrected chi connectivity index (χ3v) is 3.73. The van der Waals surface area contributed by atoms with Crippen LogP contribution in [0.5, 0.6) is 0 Å². The highest BCUT2D eigenvalue weighted by atomic mass is 32.2. The van der Waals surface area contributed by atoms with E-state index >= 15 is 0 Å². The smallest absolute Gasteiger partial charge is 0.209 e. The lowest BCUT2D eigenvalue weighted by Crippen LogP contribution is -2.24. The Kier molecular flexibility index (Phi) is 8.77. The fourth-order valence-corrected chi connectivity index (χ4v) is 1.99. The zero-order valence-electron chi connectivity index (χ0n) is 11.8. The predicted octanol–water partition coefficient (Wildman–Crippen LogP) is 1.67. The van der Waals surface area contributed by atoms with Gasteiger partial charge in [0.2, 0.25) is 10.0 Å². The van der Waals surface area contributed by atoms with Crippen LogP contribution in [0.4, 0.5) is 0 Å². The number of sulfonamides is 1. The van der Waals surface area contributed by atoms with Crippen LogP contribution in [0.25, 0.3) is 0 Å². The van der Waals surface area contributed by atoms with Crippen molar-refractivity contribution in [2.24, 2.45) is 5.14 Å². The number of rotatable bonds is 11. The number of ether oxygens (including phenoxy) is 2. The Morgan fingerprint density at radius 1 is 1.06 bits per heavy atom. The van der Waals surface area contributed by atoms with Crippen LogP contribution >= 0.6 is 0 Å². The van der Waals surface area contributed by atoms with Crippen molar-refractivity contribution in [2.45, 2.75) is 51.6 Å². The molecule has 0 fully saturated rings. The lowest BCUT2D eigenvalue weighted by Gasteiger charge is -2.22. The molecule has 0 bridgehead atoms. The quantitative estimate of drug-likeness (QED) is 0.584. The van der Waals surface area contributed by atoms with Crippen molar-refractivity contribution in [3.05, 3.63) is 0 Å². The predicted molar refractivity (Wildman–Crippen MR) is 73.0 cm³/mol. The van der Waals surface area contributed by atoms with E-state index in [4.69, 9.17) is 14.6 Å². The monoisotopic (exact) mass is 281 g/mol. The average molecular weight is 281 g/mol. The van der Waals surface area contributed by atoms with E-state index in [9.17, 15) is 8.42 Å². The van der Waals surface area contributed by atoms with E-state index in [2.05, 4.69) is 0 Å². The Hall–Kier alpha value is -0.170. The van der Waals surface area contributed by atoms with Gasteiger partial charge in [-0.25, -0.2) is 13.6 Å². The SMILES string of the molecule is COC(C)(C)CCOCCCCCCS(N)(=O)=O. The maximum atomic E-state index is 10.7. The van der Waals surface area contributed by atoms with Gasteiger partial charge in [-0.15, -0.1) is 0 Å². The second-order valence-corrected chi connectivity index (χ2v) is 6.84. The molecule has 18 heavy (non-hydrogen) atoms. The second kappa shape index (κ2) is 8.85. The Morgan fingerprint density at radius 3 is 2.22 bits per heavy atom. The topological polar surface area (TPSA) is 78.6 Å². The van der Waals surface area contributed by atoms with Gasteiger partial charge in [-0.2, -0.15) is 0 Å². The molecule has 110 valence electrons. The number of unbranched alkanes of at least 4 members (excludes halogenated alkanes) is 3. The van der Waals surface area contributed by atoms with Crippen molar-refractivity contribution in [2.75, 3.05) is 26.1 Å².